The number of methoxy groups -OCH3 is 1. The van der Waals surface area contributed by atoms with Crippen LogP contribution < -0.4 is 10.5 Å². The Morgan fingerprint density at radius 3 is 2.75 bits per heavy atom. The summed E-state index contributed by atoms with van der Waals surface area (Å²) >= 11 is 9.73. The number of ether oxygens (including phenoxy) is 1. The highest BCUT2D eigenvalue weighted by Gasteiger charge is 2.15. The van der Waals surface area contributed by atoms with E-state index in [2.05, 4.69) is 28.9 Å². The lowest BCUT2D eigenvalue weighted by Gasteiger charge is -2.17. The van der Waals surface area contributed by atoms with E-state index in [1.165, 1.54) is 5.56 Å². The van der Waals surface area contributed by atoms with Crippen molar-refractivity contribution in [2.75, 3.05) is 7.11 Å². The van der Waals surface area contributed by atoms with Gasteiger partial charge >= 0.3 is 0 Å². The number of aryl methyl sites for hydroxylation is 1. The van der Waals surface area contributed by atoms with Gasteiger partial charge in [-0.15, -0.1) is 0 Å². The maximum absolute atomic E-state index is 6.31. The predicted molar refractivity (Wildman–Crippen MR) is 87.5 cm³/mol. The van der Waals surface area contributed by atoms with Crippen LogP contribution in [0, 0.1) is 6.92 Å². The van der Waals surface area contributed by atoms with Gasteiger partial charge < -0.3 is 10.5 Å². The predicted octanol–water partition coefficient (Wildman–Crippen LogP) is 4.66. The van der Waals surface area contributed by atoms with E-state index in [0.717, 1.165) is 21.3 Å². The summed E-state index contributed by atoms with van der Waals surface area (Å²) in [5, 5.41) is 0.673. The summed E-state index contributed by atoms with van der Waals surface area (Å²) in [5.41, 5.74) is 9.53. The van der Waals surface area contributed by atoms with Crippen LogP contribution in [0.1, 0.15) is 22.7 Å². The molecule has 0 saturated carbocycles. The summed E-state index contributed by atoms with van der Waals surface area (Å²) in [6.07, 6.45) is 0.682. The van der Waals surface area contributed by atoms with Crippen LogP contribution >= 0.6 is 27.5 Å². The first-order valence-corrected chi connectivity index (χ1v) is 7.53. The maximum Gasteiger partial charge on any atom is 0.122 e. The van der Waals surface area contributed by atoms with E-state index in [1.54, 1.807) is 7.11 Å². The number of nitrogens with two attached hydrogens (primary N) is 1. The van der Waals surface area contributed by atoms with Gasteiger partial charge in [-0.1, -0.05) is 41.4 Å². The van der Waals surface area contributed by atoms with E-state index in [1.807, 2.05) is 30.3 Å². The second-order valence-electron chi connectivity index (χ2n) is 4.77. The molecule has 0 heterocycles. The van der Waals surface area contributed by atoms with Crippen molar-refractivity contribution >= 4 is 27.5 Å². The van der Waals surface area contributed by atoms with Crippen molar-refractivity contribution in [2.24, 2.45) is 5.73 Å². The third-order valence-corrected chi connectivity index (χ3v) is 4.57. The van der Waals surface area contributed by atoms with Crippen LogP contribution in [0.2, 0.25) is 5.02 Å². The SMILES string of the molecule is COc1ccc(C)cc1CC(N)c1cccc(Br)c1Cl. The molecule has 2 nitrogen and oxygen atoms in total. The van der Waals surface area contributed by atoms with E-state index in [4.69, 9.17) is 22.1 Å². The summed E-state index contributed by atoms with van der Waals surface area (Å²) in [5.74, 6) is 0.858. The molecular weight excluding hydrogens is 338 g/mol. The zero-order valence-corrected chi connectivity index (χ0v) is 13.8. The molecule has 2 aromatic rings. The fraction of sp³-hybridized carbons (Fsp3) is 0.250. The Labute approximate surface area is 133 Å². The summed E-state index contributed by atoms with van der Waals surface area (Å²) in [6, 6.07) is 11.7. The molecule has 0 fully saturated rings. The molecule has 0 aliphatic rings. The highest BCUT2D eigenvalue weighted by Crippen LogP contribution is 2.32. The molecule has 0 spiro atoms. The van der Waals surface area contributed by atoms with Gasteiger partial charge in [0.25, 0.3) is 0 Å². The normalized spacial score (nSPS) is 12.2. The van der Waals surface area contributed by atoms with Crippen molar-refractivity contribution in [3.8, 4) is 5.75 Å². The zero-order valence-electron chi connectivity index (χ0n) is 11.5. The van der Waals surface area contributed by atoms with Gasteiger partial charge in [0, 0.05) is 10.5 Å². The van der Waals surface area contributed by atoms with Crippen molar-refractivity contribution in [3.63, 3.8) is 0 Å². The van der Waals surface area contributed by atoms with Crippen molar-refractivity contribution in [3.05, 3.63) is 62.6 Å². The highest BCUT2D eigenvalue weighted by molar-refractivity contribution is 9.10. The lowest BCUT2D eigenvalue weighted by atomic mass is 9.98. The number of rotatable bonds is 4. The van der Waals surface area contributed by atoms with E-state index in [0.29, 0.717) is 11.4 Å². The average molecular weight is 355 g/mol. The zero-order chi connectivity index (χ0) is 14.7. The highest BCUT2D eigenvalue weighted by atomic mass is 79.9. The van der Waals surface area contributed by atoms with Gasteiger partial charge in [0.15, 0.2) is 0 Å². The minimum Gasteiger partial charge on any atom is -0.496 e. The largest absolute Gasteiger partial charge is 0.496 e. The van der Waals surface area contributed by atoms with Crippen molar-refractivity contribution in [1.29, 1.82) is 0 Å². The topological polar surface area (TPSA) is 35.2 Å². The number of hydrogen-bond acceptors (Lipinski definition) is 2. The molecule has 106 valence electrons. The molecule has 2 N–H and O–H groups in total. The molecule has 0 radical (unpaired) electrons. The Morgan fingerprint density at radius 1 is 1.30 bits per heavy atom. The van der Waals surface area contributed by atoms with Gasteiger partial charge in [-0.05, 0) is 52.5 Å². The Hall–Kier alpha value is -1.03. The first-order valence-electron chi connectivity index (χ1n) is 6.36. The molecular formula is C16H17BrClNO. The van der Waals surface area contributed by atoms with Crippen LogP contribution in [0.4, 0.5) is 0 Å². The van der Waals surface area contributed by atoms with Crippen LogP contribution in [-0.4, -0.2) is 7.11 Å². The van der Waals surface area contributed by atoms with Gasteiger partial charge in [-0.3, -0.25) is 0 Å². The second-order valence-corrected chi connectivity index (χ2v) is 6.00. The molecule has 0 saturated heterocycles. The molecule has 0 bridgehead atoms. The quantitative estimate of drug-likeness (QED) is 0.866. The summed E-state index contributed by atoms with van der Waals surface area (Å²) in [7, 11) is 1.67. The standard InChI is InChI=1S/C16H17BrClNO/c1-10-6-7-15(20-2)11(8-10)9-14(19)12-4-3-5-13(17)16(12)18/h3-8,14H,9,19H2,1-2H3. The molecule has 20 heavy (non-hydrogen) atoms. The van der Waals surface area contributed by atoms with Crippen LogP contribution in [0.15, 0.2) is 40.9 Å². The van der Waals surface area contributed by atoms with E-state index < -0.39 is 0 Å². The smallest absolute Gasteiger partial charge is 0.122 e. The molecule has 4 heteroatoms. The minimum absolute atomic E-state index is 0.171. The first-order chi connectivity index (χ1) is 9.52. The third-order valence-electron chi connectivity index (χ3n) is 3.26. The fourth-order valence-corrected chi connectivity index (χ4v) is 2.87. The van der Waals surface area contributed by atoms with Crippen LogP contribution in [0.5, 0.6) is 5.75 Å². The van der Waals surface area contributed by atoms with Crippen LogP contribution in [0.3, 0.4) is 0 Å². The third kappa shape index (κ3) is 3.35. The molecule has 0 aromatic heterocycles. The summed E-state index contributed by atoms with van der Waals surface area (Å²) < 4.78 is 6.26. The van der Waals surface area contributed by atoms with Gasteiger partial charge in [0.05, 0.1) is 12.1 Å². The van der Waals surface area contributed by atoms with Crippen molar-refractivity contribution < 1.29 is 4.74 Å². The molecule has 2 aromatic carbocycles. The Bertz CT molecular complexity index is 615. The van der Waals surface area contributed by atoms with Gasteiger partial charge in [0.1, 0.15) is 5.75 Å². The Kier molecular flexibility index (Phi) is 5.08. The maximum atomic E-state index is 6.31. The second kappa shape index (κ2) is 6.61. The molecule has 1 atom stereocenters. The summed E-state index contributed by atoms with van der Waals surface area (Å²) in [4.78, 5) is 0. The molecule has 0 amide bonds. The van der Waals surface area contributed by atoms with Gasteiger partial charge in [-0.2, -0.15) is 0 Å². The molecule has 0 aliphatic heterocycles. The number of halogens is 2. The minimum atomic E-state index is -0.171. The number of benzene rings is 2. The van der Waals surface area contributed by atoms with Crippen LogP contribution in [0.25, 0.3) is 0 Å². The first kappa shape index (κ1) is 15.4. The monoisotopic (exact) mass is 353 g/mol. The lowest BCUT2D eigenvalue weighted by Crippen LogP contribution is -2.14. The molecule has 2 rings (SSSR count). The number of hydrogen-bond donors (Lipinski definition) is 1. The fourth-order valence-electron chi connectivity index (χ4n) is 2.22. The summed E-state index contributed by atoms with van der Waals surface area (Å²) in [6.45, 7) is 2.06. The van der Waals surface area contributed by atoms with E-state index >= 15 is 0 Å². The van der Waals surface area contributed by atoms with E-state index in [9.17, 15) is 0 Å². The van der Waals surface area contributed by atoms with Gasteiger partial charge in [0.2, 0.25) is 0 Å². The lowest BCUT2D eigenvalue weighted by molar-refractivity contribution is 0.408. The Balaban J connectivity index is 2.30. The van der Waals surface area contributed by atoms with Gasteiger partial charge in [-0.25, -0.2) is 0 Å². The van der Waals surface area contributed by atoms with E-state index in [-0.39, 0.29) is 6.04 Å². The van der Waals surface area contributed by atoms with Crippen LogP contribution in [-0.2, 0) is 6.42 Å². The average Bonchev–Trinajstić information content (AvgIpc) is 2.42. The molecule has 1 unspecified atom stereocenters. The van der Waals surface area contributed by atoms with Crippen molar-refractivity contribution in [2.45, 2.75) is 19.4 Å². The van der Waals surface area contributed by atoms with Crippen molar-refractivity contribution in [1.82, 2.24) is 0 Å². The molecule has 0 aliphatic carbocycles. The Morgan fingerprint density at radius 2 is 2.05 bits per heavy atom.